The van der Waals surface area contributed by atoms with Crippen LogP contribution in [0.15, 0.2) is 87.2 Å². The average Bonchev–Trinajstić information content (AvgIpc) is 3.29. The smallest absolute Gasteiger partial charge is 0.141 e. The van der Waals surface area contributed by atoms with Crippen molar-refractivity contribution in [1.82, 2.24) is 9.97 Å². The van der Waals surface area contributed by atoms with Gasteiger partial charge in [0.1, 0.15) is 20.5 Å². The molecule has 0 aliphatic carbocycles. The summed E-state index contributed by atoms with van der Waals surface area (Å²) in [5.41, 5.74) is 2.84. The SMILES string of the molecule is CCc1nc(-c2ccc(OC)cc2)c(-c2ccnc(S(=O)(=NC)c3ccccc3)c2)s1. The molecule has 0 N–H and O–H groups in total. The lowest BCUT2D eigenvalue weighted by Gasteiger charge is -2.10. The maximum absolute atomic E-state index is 13.8. The highest BCUT2D eigenvalue weighted by Crippen LogP contribution is 2.38. The molecule has 7 heteroatoms. The Bertz CT molecular complexity index is 1310. The third-order valence-corrected chi connectivity index (χ3v) is 8.40. The summed E-state index contributed by atoms with van der Waals surface area (Å²) in [6, 6.07) is 21.0. The van der Waals surface area contributed by atoms with E-state index in [-0.39, 0.29) is 0 Å². The molecular formula is C24H23N3O2S2. The van der Waals surface area contributed by atoms with Gasteiger partial charge in [-0.25, -0.2) is 18.5 Å². The van der Waals surface area contributed by atoms with Gasteiger partial charge in [0.15, 0.2) is 0 Å². The average molecular weight is 450 g/mol. The van der Waals surface area contributed by atoms with Gasteiger partial charge in [0.2, 0.25) is 0 Å². The molecule has 0 radical (unpaired) electrons. The second-order valence-corrected chi connectivity index (χ2v) is 10.2. The highest BCUT2D eigenvalue weighted by Gasteiger charge is 2.20. The van der Waals surface area contributed by atoms with Crippen molar-refractivity contribution in [3.05, 3.63) is 77.9 Å². The van der Waals surface area contributed by atoms with Crippen LogP contribution in [0.2, 0.25) is 0 Å². The molecule has 2 heterocycles. The molecule has 0 fully saturated rings. The molecule has 1 atom stereocenters. The van der Waals surface area contributed by atoms with E-state index in [0.717, 1.165) is 38.9 Å². The van der Waals surface area contributed by atoms with E-state index in [9.17, 15) is 4.21 Å². The molecule has 0 bridgehead atoms. The van der Waals surface area contributed by atoms with E-state index in [4.69, 9.17) is 9.72 Å². The lowest BCUT2D eigenvalue weighted by atomic mass is 10.1. The summed E-state index contributed by atoms with van der Waals surface area (Å²) in [6.07, 6.45) is 2.54. The number of nitrogens with zero attached hydrogens (tertiary/aromatic N) is 3. The van der Waals surface area contributed by atoms with E-state index in [1.165, 1.54) is 0 Å². The van der Waals surface area contributed by atoms with Gasteiger partial charge in [0, 0.05) is 18.8 Å². The van der Waals surface area contributed by atoms with E-state index in [1.807, 2.05) is 66.7 Å². The van der Waals surface area contributed by atoms with Crippen LogP contribution >= 0.6 is 11.3 Å². The number of aromatic nitrogens is 2. The Hall–Kier alpha value is -3.03. The third kappa shape index (κ3) is 4.11. The fourth-order valence-electron chi connectivity index (χ4n) is 3.28. The molecule has 0 aliphatic heterocycles. The van der Waals surface area contributed by atoms with Crippen LogP contribution in [0, 0.1) is 0 Å². The molecular weight excluding hydrogens is 426 g/mol. The summed E-state index contributed by atoms with van der Waals surface area (Å²) < 4.78 is 23.3. The van der Waals surface area contributed by atoms with E-state index < -0.39 is 9.73 Å². The number of ether oxygens (including phenoxy) is 1. The number of hydrogen-bond donors (Lipinski definition) is 0. The first-order chi connectivity index (χ1) is 15.1. The number of hydrogen-bond acceptors (Lipinski definition) is 6. The highest BCUT2D eigenvalue weighted by atomic mass is 32.2. The van der Waals surface area contributed by atoms with E-state index in [0.29, 0.717) is 9.92 Å². The molecule has 0 saturated heterocycles. The topological polar surface area (TPSA) is 64.4 Å². The van der Waals surface area contributed by atoms with Crippen molar-refractivity contribution < 1.29 is 8.95 Å². The van der Waals surface area contributed by atoms with E-state index >= 15 is 0 Å². The first-order valence-corrected chi connectivity index (χ1v) is 12.2. The summed E-state index contributed by atoms with van der Waals surface area (Å²) in [5, 5.41) is 1.49. The third-order valence-electron chi connectivity index (χ3n) is 4.94. The maximum Gasteiger partial charge on any atom is 0.141 e. The molecule has 2 aromatic carbocycles. The fraction of sp³-hybridized carbons (Fsp3) is 0.167. The molecule has 0 aliphatic rings. The second kappa shape index (κ2) is 8.99. The van der Waals surface area contributed by atoms with Crippen molar-refractivity contribution in [2.24, 2.45) is 4.36 Å². The zero-order valence-electron chi connectivity index (χ0n) is 17.6. The Labute approximate surface area is 187 Å². The van der Waals surface area contributed by atoms with Crippen molar-refractivity contribution in [2.45, 2.75) is 23.3 Å². The van der Waals surface area contributed by atoms with Crippen molar-refractivity contribution in [3.8, 4) is 27.4 Å². The van der Waals surface area contributed by atoms with Crippen LogP contribution in [0.4, 0.5) is 0 Å². The van der Waals surface area contributed by atoms with Gasteiger partial charge in [-0.15, -0.1) is 11.3 Å². The minimum absolute atomic E-state index is 0.450. The molecule has 5 nitrogen and oxygen atoms in total. The lowest BCUT2D eigenvalue weighted by molar-refractivity contribution is 0.415. The minimum atomic E-state index is -2.82. The van der Waals surface area contributed by atoms with Crippen LogP contribution < -0.4 is 4.74 Å². The van der Waals surface area contributed by atoms with Gasteiger partial charge in [0.05, 0.1) is 27.6 Å². The molecule has 158 valence electrons. The Morgan fingerprint density at radius 2 is 1.77 bits per heavy atom. The number of benzene rings is 2. The van der Waals surface area contributed by atoms with E-state index in [2.05, 4.69) is 16.3 Å². The predicted molar refractivity (Wildman–Crippen MR) is 126 cm³/mol. The number of pyridine rings is 1. The Balaban J connectivity index is 1.85. The predicted octanol–water partition coefficient (Wildman–Crippen LogP) is 5.96. The number of methoxy groups -OCH3 is 1. The summed E-state index contributed by atoms with van der Waals surface area (Å²) in [5.74, 6) is 0.801. The second-order valence-electron chi connectivity index (χ2n) is 6.77. The zero-order valence-corrected chi connectivity index (χ0v) is 19.2. The maximum atomic E-state index is 13.8. The summed E-state index contributed by atoms with van der Waals surface area (Å²) in [4.78, 5) is 11.0. The summed E-state index contributed by atoms with van der Waals surface area (Å²) in [6.45, 7) is 2.09. The Morgan fingerprint density at radius 3 is 2.42 bits per heavy atom. The quantitative estimate of drug-likeness (QED) is 0.364. The largest absolute Gasteiger partial charge is 0.497 e. The molecule has 4 rings (SSSR count). The van der Waals surface area contributed by atoms with Crippen LogP contribution in [0.25, 0.3) is 21.7 Å². The highest BCUT2D eigenvalue weighted by molar-refractivity contribution is 7.93. The number of thiazole rings is 1. The molecule has 1 unspecified atom stereocenters. The van der Waals surface area contributed by atoms with Gasteiger partial charge in [-0.05, 0) is 60.5 Å². The van der Waals surface area contributed by atoms with Crippen molar-refractivity contribution in [1.29, 1.82) is 0 Å². The monoisotopic (exact) mass is 449 g/mol. The first-order valence-electron chi connectivity index (χ1n) is 9.90. The summed E-state index contributed by atoms with van der Waals surface area (Å²) in [7, 11) is 0.412. The normalized spacial score (nSPS) is 12.9. The first kappa shape index (κ1) is 21.2. The Morgan fingerprint density at radius 1 is 1.03 bits per heavy atom. The minimum Gasteiger partial charge on any atom is -0.497 e. The van der Waals surface area contributed by atoms with Crippen LogP contribution in [-0.4, -0.2) is 28.3 Å². The van der Waals surface area contributed by atoms with Crippen molar-refractivity contribution in [2.75, 3.05) is 14.2 Å². The van der Waals surface area contributed by atoms with Gasteiger partial charge in [-0.2, -0.15) is 0 Å². The Kier molecular flexibility index (Phi) is 6.15. The van der Waals surface area contributed by atoms with Crippen LogP contribution in [0.1, 0.15) is 11.9 Å². The summed E-state index contributed by atoms with van der Waals surface area (Å²) >= 11 is 1.65. The molecule has 4 aromatic rings. The van der Waals surface area contributed by atoms with Crippen LogP contribution in [0.5, 0.6) is 5.75 Å². The fourth-order valence-corrected chi connectivity index (χ4v) is 5.96. The van der Waals surface area contributed by atoms with Crippen LogP contribution in [-0.2, 0) is 16.1 Å². The van der Waals surface area contributed by atoms with Crippen molar-refractivity contribution >= 4 is 21.1 Å². The van der Waals surface area contributed by atoms with Gasteiger partial charge in [-0.3, -0.25) is 0 Å². The van der Waals surface area contributed by atoms with E-state index in [1.54, 1.807) is 31.7 Å². The van der Waals surface area contributed by atoms with Gasteiger partial charge >= 0.3 is 0 Å². The molecule has 0 amide bonds. The molecule has 0 spiro atoms. The standard InChI is InChI=1S/C24H23N3O2S2/c1-4-21-27-23(17-10-12-19(29-3)13-11-17)24(30-21)18-14-15-26-22(16-18)31(28,25-2)20-8-6-5-7-9-20/h5-16H,4H2,1-3H3. The number of rotatable bonds is 6. The molecule has 2 aromatic heterocycles. The van der Waals surface area contributed by atoms with Gasteiger partial charge in [-0.1, -0.05) is 25.1 Å². The van der Waals surface area contributed by atoms with Gasteiger partial charge < -0.3 is 4.74 Å². The van der Waals surface area contributed by atoms with Gasteiger partial charge in [0.25, 0.3) is 0 Å². The van der Waals surface area contributed by atoms with Crippen LogP contribution in [0.3, 0.4) is 0 Å². The molecule has 0 saturated carbocycles. The zero-order chi connectivity index (χ0) is 21.8. The molecule has 31 heavy (non-hydrogen) atoms. The van der Waals surface area contributed by atoms with Crippen molar-refractivity contribution in [3.63, 3.8) is 0 Å². The lowest BCUT2D eigenvalue weighted by Crippen LogP contribution is -2.04. The number of aryl methyl sites for hydroxylation is 1.